The van der Waals surface area contributed by atoms with E-state index >= 15 is 0 Å². The van der Waals surface area contributed by atoms with Gasteiger partial charge in [0, 0.05) is 17.0 Å². The third kappa shape index (κ3) is 5.00. The minimum absolute atomic E-state index is 0. The van der Waals surface area contributed by atoms with Crippen LogP contribution in [0.1, 0.15) is 35.8 Å². The second-order valence-corrected chi connectivity index (χ2v) is 11.1. The van der Waals surface area contributed by atoms with Gasteiger partial charge in [0.15, 0.2) is 5.65 Å². The quantitative estimate of drug-likeness (QED) is 0.196. The van der Waals surface area contributed by atoms with E-state index < -0.39 is 68.9 Å². The van der Waals surface area contributed by atoms with E-state index in [0.29, 0.717) is 5.56 Å². The van der Waals surface area contributed by atoms with Gasteiger partial charge < -0.3 is 30.5 Å². The fourth-order valence-electron chi connectivity index (χ4n) is 4.63. The Bertz CT molecular complexity index is 1550. The van der Waals surface area contributed by atoms with Crippen LogP contribution in [0.4, 0.5) is 0 Å². The fraction of sp³-hybridized carbons (Fsp3) is 0.292. The van der Waals surface area contributed by atoms with Crippen LogP contribution in [0.25, 0.3) is 5.65 Å². The number of carboxylic acid groups (broad SMARTS) is 1. The van der Waals surface area contributed by atoms with Crippen molar-refractivity contribution in [1.82, 2.24) is 30.1 Å². The molecule has 0 saturated carbocycles. The molecule has 3 amide bonds. The standard InChI is InChI=1S/C24H22N6O7S.Na/c1-24(2)17(23(36)37)29-21(35)16(22(29)38-24)27-19(33)15(11-6-4-3-5-7-11)26-18(32)12-10-25-13-8-9-14(31)28-30(13)20(12)34;/h3-10,15-17,22H,1-2H3,(H,26,32)(H,27,33)(H,28,31)(H,36,37);/q;+1/p-1/t15?,16-,17+,22-;/m1./s1. The number of fused-ring (bicyclic) bond motifs is 2. The Morgan fingerprint density at radius 2 is 1.82 bits per heavy atom. The zero-order valence-electron chi connectivity index (χ0n) is 21.0. The number of thioether (sulfide) groups is 1. The minimum Gasteiger partial charge on any atom is -0.548 e. The molecule has 3 aromatic rings. The predicted molar refractivity (Wildman–Crippen MR) is 131 cm³/mol. The first kappa shape index (κ1) is 28.5. The van der Waals surface area contributed by atoms with Crippen molar-refractivity contribution in [2.75, 3.05) is 0 Å². The second-order valence-electron chi connectivity index (χ2n) is 9.32. The minimum atomic E-state index is -1.38. The molecule has 2 saturated heterocycles. The van der Waals surface area contributed by atoms with Gasteiger partial charge in [0.25, 0.3) is 11.5 Å². The number of aromatic hydroxyl groups is 1. The van der Waals surface area contributed by atoms with Crippen molar-refractivity contribution in [2.45, 2.75) is 42.1 Å². The second kappa shape index (κ2) is 10.6. The first-order valence-electron chi connectivity index (χ1n) is 11.4. The summed E-state index contributed by atoms with van der Waals surface area (Å²) in [7, 11) is 0. The van der Waals surface area contributed by atoms with E-state index in [9.17, 15) is 34.2 Å². The molecule has 2 aliphatic heterocycles. The molecule has 2 aliphatic rings. The van der Waals surface area contributed by atoms with Crippen molar-refractivity contribution in [3.8, 4) is 5.88 Å². The monoisotopic (exact) mass is 560 g/mol. The summed E-state index contributed by atoms with van der Waals surface area (Å²) in [6.45, 7) is 3.36. The Morgan fingerprint density at radius 1 is 1.13 bits per heavy atom. The molecule has 13 nitrogen and oxygen atoms in total. The third-order valence-corrected chi connectivity index (χ3v) is 8.00. The molecule has 5 rings (SSSR count). The Labute approximate surface area is 247 Å². The molecular weight excluding hydrogens is 539 g/mol. The third-order valence-electron chi connectivity index (χ3n) is 6.43. The average Bonchev–Trinajstić information content (AvgIpc) is 3.14. The van der Waals surface area contributed by atoms with Crippen molar-refractivity contribution in [2.24, 2.45) is 0 Å². The molecule has 15 heteroatoms. The van der Waals surface area contributed by atoms with Crippen molar-refractivity contribution in [1.29, 1.82) is 0 Å². The summed E-state index contributed by atoms with van der Waals surface area (Å²) in [6, 6.07) is 7.30. The van der Waals surface area contributed by atoms with Crippen LogP contribution in [0.3, 0.4) is 0 Å². The number of carbonyl (C=O) groups is 4. The summed E-state index contributed by atoms with van der Waals surface area (Å²) in [6.07, 6.45) is 1.04. The van der Waals surface area contributed by atoms with Gasteiger partial charge in [-0.15, -0.1) is 16.9 Å². The Kier molecular flexibility index (Phi) is 7.76. The molecule has 2 aromatic heterocycles. The number of carboxylic acids is 1. The zero-order valence-corrected chi connectivity index (χ0v) is 23.8. The number of hydrogen-bond donors (Lipinski definition) is 3. The van der Waals surface area contributed by atoms with Crippen LogP contribution in [0, 0.1) is 0 Å². The molecule has 39 heavy (non-hydrogen) atoms. The number of benzene rings is 1. The fourth-order valence-corrected chi connectivity index (χ4v) is 6.25. The number of hydrogen-bond acceptors (Lipinski definition) is 10. The normalized spacial score (nSPS) is 21.7. The number of rotatable bonds is 6. The first-order valence-corrected chi connectivity index (χ1v) is 12.3. The van der Waals surface area contributed by atoms with E-state index in [0.717, 1.165) is 10.7 Å². The summed E-state index contributed by atoms with van der Waals surface area (Å²) in [5.41, 5.74) is -0.816. The zero-order chi connectivity index (χ0) is 27.4. The van der Waals surface area contributed by atoms with Gasteiger partial charge in [-0.3, -0.25) is 19.2 Å². The number of aliphatic carboxylic acids is 1. The van der Waals surface area contributed by atoms with Gasteiger partial charge in [0.1, 0.15) is 23.0 Å². The smallest absolute Gasteiger partial charge is 0.548 e. The maximum absolute atomic E-state index is 13.4. The number of amides is 3. The van der Waals surface area contributed by atoms with Crippen molar-refractivity contribution in [3.05, 3.63) is 70.1 Å². The van der Waals surface area contributed by atoms with Crippen molar-refractivity contribution in [3.63, 3.8) is 0 Å². The molecule has 2 fully saturated rings. The van der Waals surface area contributed by atoms with Crippen LogP contribution in [0.15, 0.2) is 53.5 Å². The molecule has 1 aromatic carbocycles. The van der Waals surface area contributed by atoms with Gasteiger partial charge in [-0.25, -0.2) is 4.98 Å². The maximum atomic E-state index is 13.4. The molecule has 4 atom stereocenters. The molecule has 0 radical (unpaired) electrons. The number of β-lactam (4-membered cyclic amide) rings is 1. The Balaban J connectivity index is 0.00000353. The van der Waals surface area contributed by atoms with Crippen molar-refractivity contribution >= 4 is 41.1 Å². The van der Waals surface area contributed by atoms with Crippen LogP contribution in [0.5, 0.6) is 5.88 Å². The summed E-state index contributed by atoms with van der Waals surface area (Å²) in [5, 5.41) is 29.4. The molecule has 0 bridgehead atoms. The van der Waals surface area contributed by atoms with E-state index in [1.807, 2.05) is 0 Å². The van der Waals surface area contributed by atoms with Gasteiger partial charge >= 0.3 is 29.6 Å². The van der Waals surface area contributed by atoms with Crippen LogP contribution in [-0.2, 0) is 14.4 Å². The van der Waals surface area contributed by atoms with Crippen LogP contribution in [-0.4, -0.2) is 70.5 Å². The molecule has 196 valence electrons. The molecular formula is C24H21N6NaO7S. The summed E-state index contributed by atoms with van der Waals surface area (Å²) < 4.78 is -0.0737. The molecule has 0 aliphatic carbocycles. The Hall–Kier alpha value is -3.46. The van der Waals surface area contributed by atoms with E-state index in [1.54, 1.807) is 44.2 Å². The van der Waals surface area contributed by atoms with E-state index in [-0.39, 0.29) is 35.2 Å². The van der Waals surface area contributed by atoms with Gasteiger partial charge in [0.05, 0.1) is 12.0 Å². The number of aromatic nitrogens is 3. The van der Waals surface area contributed by atoms with Crippen molar-refractivity contribution < 1.29 is 58.9 Å². The van der Waals surface area contributed by atoms with E-state index in [2.05, 4.69) is 20.7 Å². The predicted octanol–water partition coefficient (Wildman–Crippen LogP) is -4.43. The Morgan fingerprint density at radius 3 is 2.49 bits per heavy atom. The molecule has 3 N–H and O–H groups in total. The summed E-state index contributed by atoms with van der Waals surface area (Å²) in [4.78, 5) is 69.0. The topological polar surface area (TPSA) is 186 Å². The molecule has 1 unspecified atom stereocenters. The van der Waals surface area contributed by atoms with Crippen LogP contribution < -0.4 is 50.9 Å². The van der Waals surface area contributed by atoms with E-state index in [4.69, 9.17) is 0 Å². The van der Waals surface area contributed by atoms with Gasteiger partial charge in [-0.1, -0.05) is 30.3 Å². The molecule has 0 spiro atoms. The largest absolute Gasteiger partial charge is 1.00 e. The summed E-state index contributed by atoms with van der Waals surface area (Å²) >= 11 is 1.23. The SMILES string of the molecule is CC1(C)S[C@@H]2[C@H](NC(=O)C(NC(=O)c3cnc4ccc(O)nn4c3=O)c3ccccc3)C(=O)N2[C@H]1C(=O)[O-].[Na+]. The summed E-state index contributed by atoms with van der Waals surface area (Å²) in [5.74, 6) is -4.07. The number of nitrogens with zero attached hydrogens (tertiary/aromatic N) is 4. The first-order chi connectivity index (χ1) is 18.0. The average molecular weight is 561 g/mol. The maximum Gasteiger partial charge on any atom is 1.00 e. The van der Waals surface area contributed by atoms with Gasteiger partial charge in [-0.05, 0) is 25.5 Å². The van der Waals surface area contributed by atoms with Gasteiger partial charge in [-0.2, -0.15) is 4.52 Å². The number of nitrogens with one attached hydrogen (secondary N) is 2. The van der Waals surface area contributed by atoms with Gasteiger partial charge in [0.2, 0.25) is 17.7 Å². The van der Waals surface area contributed by atoms with Crippen LogP contribution in [0.2, 0.25) is 0 Å². The molecule has 4 heterocycles. The van der Waals surface area contributed by atoms with Crippen LogP contribution >= 0.6 is 11.8 Å². The number of carbonyl (C=O) groups excluding carboxylic acids is 4. The van der Waals surface area contributed by atoms with E-state index in [1.165, 1.54) is 28.8 Å².